The van der Waals surface area contributed by atoms with Crippen LogP contribution in [-0.2, 0) is 0 Å². The lowest BCUT2D eigenvalue weighted by Gasteiger charge is -2.46. The number of hydrogen-bond acceptors (Lipinski definition) is 1. The van der Waals surface area contributed by atoms with Crippen LogP contribution in [0.25, 0.3) is 0 Å². The summed E-state index contributed by atoms with van der Waals surface area (Å²) in [6.07, 6.45) is 6.82. The molecule has 1 aliphatic carbocycles. The Morgan fingerprint density at radius 3 is 2.44 bits per heavy atom. The lowest BCUT2D eigenvalue weighted by Crippen LogP contribution is -2.45. The Hall–Kier alpha value is -0.0400. The summed E-state index contributed by atoms with van der Waals surface area (Å²) in [5, 5.41) is 10.8. The first kappa shape index (κ1) is 14.0. The molecule has 0 radical (unpaired) electrons. The largest absolute Gasteiger partial charge is 0.390 e. The number of rotatable bonds is 4. The average molecular weight is 226 g/mol. The molecule has 1 fully saturated rings. The lowest BCUT2D eigenvalue weighted by molar-refractivity contribution is -0.0855. The SMILES string of the molecule is CCCC(C)CC1(O)CCC(C)(C)CC1C. The monoisotopic (exact) mass is 226 g/mol. The van der Waals surface area contributed by atoms with E-state index in [1.165, 1.54) is 25.7 Å². The first-order valence-corrected chi connectivity index (χ1v) is 7.01. The molecule has 0 amide bonds. The van der Waals surface area contributed by atoms with Crippen LogP contribution < -0.4 is 0 Å². The average Bonchev–Trinajstić information content (AvgIpc) is 2.13. The van der Waals surface area contributed by atoms with E-state index in [2.05, 4.69) is 34.6 Å². The molecule has 1 nitrogen and oxygen atoms in total. The molecule has 0 saturated heterocycles. The Morgan fingerprint density at radius 1 is 1.31 bits per heavy atom. The summed E-state index contributed by atoms with van der Waals surface area (Å²) in [5.41, 5.74) is 0.0454. The highest BCUT2D eigenvalue weighted by molar-refractivity contribution is 4.94. The quantitative estimate of drug-likeness (QED) is 0.753. The fourth-order valence-corrected chi connectivity index (χ4v) is 3.42. The van der Waals surface area contributed by atoms with Crippen molar-refractivity contribution in [3.05, 3.63) is 0 Å². The van der Waals surface area contributed by atoms with Crippen molar-refractivity contribution in [1.82, 2.24) is 0 Å². The lowest BCUT2D eigenvalue weighted by atomic mass is 9.63. The van der Waals surface area contributed by atoms with Gasteiger partial charge in [-0.25, -0.2) is 0 Å². The van der Waals surface area contributed by atoms with Crippen molar-refractivity contribution in [2.45, 2.75) is 78.7 Å². The Bertz CT molecular complexity index is 221. The highest BCUT2D eigenvalue weighted by Crippen LogP contribution is 2.46. The minimum absolute atomic E-state index is 0.385. The van der Waals surface area contributed by atoms with Crippen molar-refractivity contribution in [1.29, 1.82) is 0 Å². The van der Waals surface area contributed by atoms with Crippen LogP contribution in [0.2, 0.25) is 0 Å². The van der Waals surface area contributed by atoms with Gasteiger partial charge in [-0.1, -0.05) is 47.5 Å². The third-order valence-electron chi connectivity index (χ3n) is 4.49. The van der Waals surface area contributed by atoms with Gasteiger partial charge in [0, 0.05) is 0 Å². The molecule has 3 atom stereocenters. The maximum absolute atomic E-state index is 10.8. The van der Waals surface area contributed by atoms with Crippen molar-refractivity contribution in [2.24, 2.45) is 17.3 Å². The van der Waals surface area contributed by atoms with E-state index in [9.17, 15) is 5.11 Å². The van der Waals surface area contributed by atoms with E-state index in [0.29, 0.717) is 17.3 Å². The van der Waals surface area contributed by atoms with Crippen LogP contribution in [0.15, 0.2) is 0 Å². The Labute approximate surface area is 102 Å². The minimum Gasteiger partial charge on any atom is -0.390 e. The van der Waals surface area contributed by atoms with Gasteiger partial charge in [-0.05, 0) is 42.9 Å². The molecule has 0 spiro atoms. The second-order valence-electron chi connectivity index (χ2n) is 6.97. The van der Waals surface area contributed by atoms with Crippen LogP contribution >= 0.6 is 0 Å². The molecule has 1 N–H and O–H groups in total. The van der Waals surface area contributed by atoms with Gasteiger partial charge in [0.15, 0.2) is 0 Å². The second-order valence-corrected chi connectivity index (χ2v) is 6.97. The summed E-state index contributed by atoms with van der Waals surface area (Å²) in [6, 6.07) is 0. The second kappa shape index (κ2) is 5.08. The number of hydrogen-bond donors (Lipinski definition) is 1. The van der Waals surface area contributed by atoms with Crippen molar-refractivity contribution < 1.29 is 5.11 Å². The van der Waals surface area contributed by atoms with E-state index >= 15 is 0 Å². The molecule has 0 aliphatic heterocycles. The third kappa shape index (κ3) is 3.48. The van der Waals surface area contributed by atoms with E-state index < -0.39 is 0 Å². The van der Waals surface area contributed by atoms with Gasteiger partial charge in [0.1, 0.15) is 0 Å². The van der Waals surface area contributed by atoms with E-state index in [4.69, 9.17) is 0 Å². The van der Waals surface area contributed by atoms with Crippen molar-refractivity contribution in [2.75, 3.05) is 0 Å². The van der Waals surface area contributed by atoms with Crippen molar-refractivity contribution >= 4 is 0 Å². The van der Waals surface area contributed by atoms with E-state index in [1.54, 1.807) is 0 Å². The van der Waals surface area contributed by atoms with Crippen LogP contribution in [-0.4, -0.2) is 10.7 Å². The van der Waals surface area contributed by atoms with E-state index in [1.807, 2.05) is 0 Å². The normalized spacial score (nSPS) is 36.0. The summed E-state index contributed by atoms with van der Waals surface area (Å²) < 4.78 is 0. The van der Waals surface area contributed by atoms with Gasteiger partial charge < -0.3 is 5.11 Å². The predicted octanol–water partition coefficient (Wildman–Crippen LogP) is 4.39. The molecule has 1 aliphatic rings. The molecule has 3 unspecified atom stereocenters. The molecule has 0 bridgehead atoms. The number of aliphatic hydroxyl groups is 1. The van der Waals surface area contributed by atoms with Crippen LogP contribution in [0.4, 0.5) is 0 Å². The van der Waals surface area contributed by atoms with Crippen LogP contribution in [0.1, 0.15) is 73.1 Å². The Kier molecular flexibility index (Phi) is 4.45. The molecule has 16 heavy (non-hydrogen) atoms. The molecular formula is C15H30O. The van der Waals surface area contributed by atoms with Crippen molar-refractivity contribution in [3.63, 3.8) is 0 Å². The first-order valence-electron chi connectivity index (χ1n) is 7.01. The fraction of sp³-hybridized carbons (Fsp3) is 1.00. The minimum atomic E-state index is -0.385. The van der Waals surface area contributed by atoms with Gasteiger partial charge in [0.05, 0.1) is 5.60 Å². The zero-order valence-corrected chi connectivity index (χ0v) is 11.8. The van der Waals surface area contributed by atoms with Gasteiger partial charge in [0.25, 0.3) is 0 Å². The van der Waals surface area contributed by atoms with Gasteiger partial charge >= 0.3 is 0 Å². The van der Waals surface area contributed by atoms with Gasteiger partial charge in [-0.3, -0.25) is 0 Å². The zero-order chi connectivity index (χ0) is 12.4. The molecule has 0 heterocycles. The van der Waals surface area contributed by atoms with Crippen LogP contribution in [0.5, 0.6) is 0 Å². The van der Waals surface area contributed by atoms with Gasteiger partial charge in [0.2, 0.25) is 0 Å². The zero-order valence-electron chi connectivity index (χ0n) is 11.8. The van der Waals surface area contributed by atoms with Gasteiger partial charge in [-0.2, -0.15) is 0 Å². The molecule has 0 aromatic carbocycles. The summed E-state index contributed by atoms with van der Waals surface area (Å²) in [4.78, 5) is 0. The highest BCUT2D eigenvalue weighted by Gasteiger charge is 2.42. The summed E-state index contributed by atoms with van der Waals surface area (Å²) in [7, 11) is 0. The summed E-state index contributed by atoms with van der Waals surface area (Å²) in [6.45, 7) is 11.4. The predicted molar refractivity (Wildman–Crippen MR) is 70.4 cm³/mol. The molecule has 1 rings (SSSR count). The van der Waals surface area contributed by atoms with Crippen LogP contribution in [0.3, 0.4) is 0 Å². The van der Waals surface area contributed by atoms with Crippen molar-refractivity contribution in [3.8, 4) is 0 Å². The summed E-state index contributed by atoms with van der Waals surface area (Å²) in [5.74, 6) is 1.12. The standard InChI is InChI=1S/C15H30O/c1-6-7-12(2)10-15(16)9-8-14(4,5)11-13(15)3/h12-13,16H,6-11H2,1-5H3. The maximum Gasteiger partial charge on any atom is 0.0676 e. The maximum atomic E-state index is 10.8. The fourth-order valence-electron chi connectivity index (χ4n) is 3.42. The van der Waals surface area contributed by atoms with E-state index in [-0.39, 0.29) is 5.60 Å². The third-order valence-corrected chi connectivity index (χ3v) is 4.49. The summed E-state index contributed by atoms with van der Waals surface area (Å²) >= 11 is 0. The van der Waals surface area contributed by atoms with E-state index in [0.717, 1.165) is 12.8 Å². The Morgan fingerprint density at radius 2 is 1.94 bits per heavy atom. The first-order chi connectivity index (χ1) is 7.29. The topological polar surface area (TPSA) is 20.2 Å². The van der Waals surface area contributed by atoms with Gasteiger partial charge in [-0.15, -0.1) is 0 Å². The molecule has 0 aromatic rings. The molecule has 96 valence electrons. The molecule has 1 heteroatoms. The van der Waals surface area contributed by atoms with Crippen LogP contribution in [0, 0.1) is 17.3 Å². The Balaban J connectivity index is 2.57. The molecule has 0 aromatic heterocycles. The smallest absolute Gasteiger partial charge is 0.0676 e. The molecular weight excluding hydrogens is 196 g/mol. The molecule has 1 saturated carbocycles. The highest BCUT2D eigenvalue weighted by atomic mass is 16.3.